The Kier molecular flexibility index (Phi) is 3.62. The quantitative estimate of drug-likeness (QED) is 0.838. The molecule has 6 heteroatoms. The summed E-state index contributed by atoms with van der Waals surface area (Å²) in [6.07, 6.45) is 7.36. The third kappa shape index (κ3) is 2.37. The van der Waals surface area contributed by atoms with Crippen LogP contribution in [-0.4, -0.2) is 43.4 Å². The zero-order valence-electron chi connectivity index (χ0n) is 11.7. The summed E-state index contributed by atoms with van der Waals surface area (Å²) in [5, 5.41) is 11.3. The van der Waals surface area contributed by atoms with Crippen LogP contribution in [0.4, 0.5) is 0 Å². The molecule has 0 saturated carbocycles. The van der Waals surface area contributed by atoms with Gasteiger partial charge in [0.25, 0.3) is 5.91 Å². The SMILES string of the molecule is CC[C@@H]1CCCCCN1C(=O)c1ccc2nnnn2c1. The lowest BCUT2D eigenvalue weighted by atomic mass is 10.1. The number of fused-ring (bicyclic) bond motifs is 1. The van der Waals surface area contributed by atoms with Gasteiger partial charge in [-0.3, -0.25) is 4.79 Å². The highest BCUT2D eigenvalue weighted by Crippen LogP contribution is 2.21. The van der Waals surface area contributed by atoms with Crippen molar-refractivity contribution >= 4 is 11.6 Å². The number of likely N-dealkylation sites (tertiary alicyclic amines) is 1. The highest BCUT2D eigenvalue weighted by Gasteiger charge is 2.25. The van der Waals surface area contributed by atoms with Gasteiger partial charge in [0.15, 0.2) is 5.65 Å². The molecule has 0 radical (unpaired) electrons. The summed E-state index contributed by atoms with van der Waals surface area (Å²) < 4.78 is 1.55. The molecular formula is C14H19N5O. The number of hydrogen-bond donors (Lipinski definition) is 0. The molecule has 1 aliphatic rings. The molecule has 1 amide bonds. The van der Waals surface area contributed by atoms with E-state index in [0.29, 0.717) is 17.3 Å². The van der Waals surface area contributed by atoms with Crippen molar-refractivity contribution < 1.29 is 4.79 Å². The van der Waals surface area contributed by atoms with Crippen molar-refractivity contribution in [2.75, 3.05) is 6.54 Å². The van der Waals surface area contributed by atoms with Gasteiger partial charge < -0.3 is 4.90 Å². The Hall–Kier alpha value is -1.98. The summed E-state index contributed by atoms with van der Waals surface area (Å²) in [6.45, 7) is 3.01. The van der Waals surface area contributed by atoms with Crippen molar-refractivity contribution in [3.8, 4) is 0 Å². The van der Waals surface area contributed by atoms with Gasteiger partial charge in [-0.25, -0.2) is 0 Å². The molecule has 0 aromatic carbocycles. The van der Waals surface area contributed by atoms with Crippen molar-refractivity contribution in [1.29, 1.82) is 0 Å². The summed E-state index contributed by atoms with van der Waals surface area (Å²) in [6, 6.07) is 3.95. The number of rotatable bonds is 2. The lowest BCUT2D eigenvalue weighted by molar-refractivity contribution is 0.0677. The van der Waals surface area contributed by atoms with E-state index in [1.165, 1.54) is 12.8 Å². The Labute approximate surface area is 117 Å². The second kappa shape index (κ2) is 5.56. The van der Waals surface area contributed by atoms with Crippen molar-refractivity contribution in [3.05, 3.63) is 23.9 Å². The zero-order chi connectivity index (χ0) is 13.9. The van der Waals surface area contributed by atoms with Crippen LogP contribution >= 0.6 is 0 Å². The predicted molar refractivity (Wildman–Crippen MR) is 74.4 cm³/mol. The zero-order valence-corrected chi connectivity index (χ0v) is 11.7. The van der Waals surface area contributed by atoms with Gasteiger partial charge in [-0.2, -0.15) is 4.52 Å². The molecule has 0 unspecified atom stereocenters. The monoisotopic (exact) mass is 273 g/mol. The topological polar surface area (TPSA) is 63.4 Å². The van der Waals surface area contributed by atoms with Crippen LogP contribution in [0.5, 0.6) is 0 Å². The average molecular weight is 273 g/mol. The summed E-state index contributed by atoms with van der Waals surface area (Å²) in [4.78, 5) is 14.8. The van der Waals surface area contributed by atoms with Crippen molar-refractivity contribution in [3.63, 3.8) is 0 Å². The van der Waals surface area contributed by atoms with E-state index in [0.717, 1.165) is 25.8 Å². The maximum absolute atomic E-state index is 12.7. The van der Waals surface area contributed by atoms with Crippen molar-refractivity contribution in [2.45, 2.75) is 45.1 Å². The fraction of sp³-hybridized carbons (Fsp3) is 0.571. The summed E-state index contributed by atoms with van der Waals surface area (Å²) >= 11 is 0. The van der Waals surface area contributed by atoms with E-state index in [9.17, 15) is 4.79 Å². The average Bonchev–Trinajstić information content (AvgIpc) is 2.81. The Balaban J connectivity index is 1.88. The van der Waals surface area contributed by atoms with Gasteiger partial charge in [0.1, 0.15) is 0 Å². The van der Waals surface area contributed by atoms with Crippen LogP contribution in [0, 0.1) is 0 Å². The van der Waals surface area contributed by atoms with Crippen LogP contribution in [0.3, 0.4) is 0 Å². The molecule has 1 saturated heterocycles. The van der Waals surface area contributed by atoms with Crippen molar-refractivity contribution in [1.82, 2.24) is 24.9 Å². The molecule has 20 heavy (non-hydrogen) atoms. The van der Waals surface area contributed by atoms with Crippen molar-refractivity contribution in [2.24, 2.45) is 0 Å². The van der Waals surface area contributed by atoms with E-state index >= 15 is 0 Å². The van der Waals surface area contributed by atoms with E-state index < -0.39 is 0 Å². The molecule has 0 N–H and O–H groups in total. The number of carbonyl (C=O) groups is 1. The lowest BCUT2D eigenvalue weighted by Gasteiger charge is -2.29. The van der Waals surface area contributed by atoms with E-state index in [4.69, 9.17) is 0 Å². The summed E-state index contributed by atoms with van der Waals surface area (Å²) in [5.41, 5.74) is 1.31. The molecule has 6 nitrogen and oxygen atoms in total. The first kappa shape index (κ1) is 13.0. The normalized spacial score (nSPS) is 20.1. The van der Waals surface area contributed by atoms with Gasteiger partial charge >= 0.3 is 0 Å². The maximum Gasteiger partial charge on any atom is 0.255 e. The van der Waals surface area contributed by atoms with Gasteiger partial charge in [-0.1, -0.05) is 19.8 Å². The Morgan fingerprint density at radius 3 is 3.10 bits per heavy atom. The molecule has 0 aliphatic carbocycles. The standard InChI is InChI=1S/C14H19N5O/c1-2-12-6-4-3-5-9-18(12)14(20)11-7-8-13-15-16-17-19(13)10-11/h7-8,10,12H,2-6,9H2,1H3/t12-/m1/s1. The Morgan fingerprint density at radius 1 is 1.35 bits per heavy atom. The largest absolute Gasteiger partial charge is 0.336 e. The minimum absolute atomic E-state index is 0.0937. The summed E-state index contributed by atoms with van der Waals surface area (Å²) in [5.74, 6) is 0.0937. The molecule has 0 spiro atoms. The highest BCUT2D eigenvalue weighted by molar-refractivity contribution is 5.94. The van der Waals surface area contributed by atoms with Crippen LogP contribution in [0.2, 0.25) is 0 Å². The highest BCUT2D eigenvalue weighted by atomic mass is 16.2. The fourth-order valence-electron chi connectivity index (χ4n) is 2.90. The summed E-state index contributed by atoms with van der Waals surface area (Å²) in [7, 11) is 0. The van der Waals surface area contributed by atoms with Gasteiger partial charge in [-0.05, 0) is 41.8 Å². The molecule has 3 rings (SSSR count). The number of pyridine rings is 1. The number of hydrogen-bond acceptors (Lipinski definition) is 4. The molecule has 1 atom stereocenters. The van der Waals surface area contributed by atoms with E-state index in [-0.39, 0.29) is 5.91 Å². The van der Waals surface area contributed by atoms with Crippen LogP contribution in [0.25, 0.3) is 5.65 Å². The smallest absolute Gasteiger partial charge is 0.255 e. The number of tetrazole rings is 1. The number of carbonyl (C=O) groups excluding carboxylic acids is 1. The predicted octanol–water partition coefficient (Wildman–Crippen LogP) is 1.92. The molecule has 1 aliphatic heterocycles. The van der Waals surface area contributed by atoms with Crippen LogP contribution in [0.15, 0.2) is 18.3 Å². The van der Waals surface area contributed by atoms with Crippen LogP contribution in [0.1, 0.15) is 49.4 Å². The number of nitrogens with zero attached hydrogens (tertiary/aromatic N) is 5. The third-order valence-electron chi connectivity index (χ3n) is 4.05. The van der Waals surface area contributed by atoms with Gasteiger partial charge in [0, 0.05) is 18.8 Å². The van der Waals surface area contributed by atoms with E-state index in [1.807, 2.05) is 11.0 Å². The molecule has 3 heterocycles. The van der Waals surface area contributed by atoms with E-state index in [1.54, 1.807) is 16.8 Å². The van der Waals surface area contributed by atoms with Crippen LogP contribution < -0.4 is 0 Å². The lowest BCUT2D eigenvalue weighted by Crippen LogP contribution is -2.39. The first-order valence-electron chi connectivity index (χ1n) is 7.28. The number of aromatic nitrogens is 4. The first-order valence-corrected chi connectivity index (χ1v) is 7.28. The second-order valence-corrected chi connectivity index (χ2v) is 5.31. The molecule has 1 fully saturated rings. The Morgan fingerprint density at radius 2 is 2.25 bits per heavy atom. The fourth-order valence-corrected chi connectivity index (χ4v) is 2.90. The first-order chi connectivity index (χ1) is 9.79. The Bertz CT molecular complexity index is 608. The molecule has 2 aromatic rings. The molecule has 0 bridgehead atoms. The van der Waals surface area contributed by atoms with Gasteiger partial charge in [0.05, 0.1) is 5.56 Å². The maximum atomic E-state index is 12.7. The van der Waals surface area contributed by atoms with Gasteiger partial charge in [0.2, 0.25) is 0 Å². The second-order valence-electron chi connectivity index (χ2n) is 5.31. The van der Waals surface area contributed by atoms with Crippen LogP contribution in [-0.2, 0) is 0 Å². The number of amides is 1. The minimum Gasteiger partial charge on any atom is -0.336 e. The molecule has 2 aromatic heterocycles. The minimum atomic E-state index is 0.0937. The molecular weight excluding hydrogens is 254 g/mol. The third-order valence-corrected chi connectivity index (χ3v) is 4.05. The van der Waals surface area contributed by atoms with E-state index in [2.05, 4.69) is 22.4 Å². The van der Waals surface area contributed by atoms with Gasteiger partial charge in [-0.15, -0.1) is 5.10 Å². The molecule has 106 valence electrons.